The summed E-state index contributed by atoms with van der Waals surface area (Å²) in [4.78, 5) is 10.1. The molecule has 0 saturated heterocycles. The van der Waals surface area contributed by atoms with Crippen LogP contribution in [-0.4, -0.2) is 45.7 Å². The Morgan fingerprint density at radius 3 is 2.18 bits per heavy atom. The number of thioether (sulfide) groups is 1. The number of hydrogen-bond donors (Lipinski definition) is 1. The molecule has 0 rings (SSSR count). The van der Waals surface area contributed by atoms with E-state index in [1.165, 1.54) is 0 Å². The van der Waals surface area contributed by atoms with Crippen LogP contribution in [0.3, 0.4) is 0 Å². The first-order valence-corrected chi connectivity index (χ1v) is 4.55. The molecule has 2 nitrogen and oxygen atoms in total. The average molecular weight is 186 g/mol. The van der Waals surface area contributed by atoms with E-state index in [0.29, 0.717) is 5.92 Å². The van der Waals surface area contributed by atoms with Crippen molar-refractivity contribution < 1.29 is 9.90 Å². The van der Waals surface area contributed by atoms with Gasteiger partial charge in [-0.3, -0.25) is 0 Å². The molecule has 4 heteroatoms. The molecule has 0 spiro atoms. The predicted octanol–water partition coefficient (Wildman–Crippen LogP) is 2.19. The SMILES string of the molecule is CCC(CC)CSC(=O)O.[NaH]. The third-order valence-electron chi connectivity index (χ3n) is 1.60. The zero-order valence-electron chi connectivity index (χ0n) is 6.46. The van der Waals surface area contributed by atoms with Crippen LogP contribution < -0.4 is 0 Å². The third kappa shape index (κ3) is 8.73. The number of rotatable bonds is 4. The second-order valence-corrected chi connectivity index (χ2v) is 3.23. The normalized spacial score (nSPS) is 9.36. The third-order valence-corrected chi connectivity index (χ3v) is 2.48. The summed E-state index contributed by atoms with van der Waals surface area (Å²) in [5.41, 5.74) is 0. The first-order valence-electron chi connectivity index (χ1n) is 3.56. The van der Waals surface area contributed by atoms with E-state index >= 15 is 0 Å². The van der Waals surface area contributed by atoms with Crippen molar-refractivity contribution in [2.24, 2.45) is 5.92 Å². The molecule has 0 aromatic heterocycles. The van der Waals surface area contributed by atoms with Gasteiger partial charge in [0.25, 0.3) is 0 Å². The fourth-order valence-electron chi connectivity index (χ4n) is 0.714. The van der Waals surface area contributed by atoms with E-state index in [4.69, 9.17) is 5.11 Å². The van der Waals surface area contributed by atoms with Crippen LogP contribution in [0.1, 0.15) is 26.7 Å². The van der Waals surface area contributed by atoms with Crippen molar-refractivity contribution in [2.45, 2.75) is 26.7 Å². The van der Waals surface area contributed by atoms with E-state index < -0.39 is 5.30 Å². The second kappa shape index (κ2) is 8.91. The number of hydrogen-bond acceptors (Lipinski definition) is 2. The Bertz CT molecular complexity index is 105. The van der Waals surface area contributed by atoms with Crippen LogP contribution in [0.4, 0.5) is 4.79 Å². The molecule has 0 aliphatic rings. The van der Waals surface area contributed by atoms with Crippen LogP contribution in [0, 0.1) is 5.92 Å². The van der Waals surface area contributed by atoms with Gasteiger partial charge in [-0.15, -0.1) is 0 Å². The van der Waals surface area contributed by atoms with Crippen molar-refractivity contribution in [2.75, 3.05) is 5.75 Å². The number of carboxylic acid groups (broad SMARTS) is 1. The van der Waals surface area contributed by atoms with Crippen molar-refractivity contribution in [1.82, 2.24) is 0 Å². The fraction of sp³-hybridized carbons (Fsp3) is 0.857. The van der Waals surface area contributed by atoms with Gasteiger partial charge in [-0.1, -0.05) is 26.7 Å². The maximum absolute atomic E-state index is 10.1. The zero-order chi connectivity index (χ0) is 7.98. The van der Waals surface area contributed by atoms with Gasteiger partial charge in [-0.25, -0.2) is 4.79 Å². The monoisotopic (exact) mass is 186 g/mol. The Balaban J connectivity index is 0. The molecule has 0 unspecified atom stereocenters. The van der Waals surface area contributed by atoms with Crippen molar-refractivity contribution in [3.8, 4) is 0 Å². The van der Waals surface area contributed by atoms with Crippen molar-refractivity contribution in [1.29, 1.82) is 0 Å². The quantitative estimate of drug-likeness (QED) is 0.684. The minimum absolute atomic E-state index is 0. The summed E-state index contributed by atoms with van der Waals surface area (Å²) in [7, 11) is 0. The molecule has 0 aliphatic heterocycles. The molecule has 0 radical (unpaired) electrons. The molecule has 11 heavy (non-hydrogen) atoms. The molecule has 0 heterocycles. The fourth-order valence-corrected chi connectivity index (χ4v) is 1.56. The van der Waals surface area contributed by atoms with Crippen LogP contribution in [0.25, 0.3) is 0 Å². The molecular weight excluding hydrogens is 171 g/mol. The zero-order valence-corrected chi connectivity index (χ0v) is 7.28. The molecule has 0 aliphatic carbocycles. The molecule has 0 atom stereocenters. The van der Waals surface area contributed by atoms with Gasteiger partial charge >= 0.3 is 34.9 Å². The topological polar surface area (TPSA) is 37.3 Å². The molecule has 0 aromatic rings. The van der Waals surface area contributed by atoms with E-state index in [-0.39, 0.29) is 29.6 Å². The van der Waals surface area contributed by atoms with Gasteiger partial charge in [0.15, 0.2) is 0 Å². The van der Waals surface area contributed by atoms with E-state index in [9.17, 15) is 4.79 Å². The van der Waals surface area contributed by atoms with Gasteiger partial charge in [0.05, 0.1) is 0 Å². The summed E-state index contributed by atoms with van der Waals surface area (Å²) >= 11 is 1.01. The Kier molecular flexibility index (Phi) is 11.6. The first-order chi connectivity index (χ1) is 4.70. The summed E-state index contributed by atoms with van der Waals surface area (Å²) in [6.07, 6.45) is 2.16. The second-order valence-electron chi connectivity index (χ2n) is 2.26. The molecule has 62 valence electrons. The van der Waals surface area contributed by atoms with E-state index in [0.717, 1.165) is 30.4 Å². The van der Waals surface area contributed by atoms with Gasteiger partial charge < -0.3 is 5.11 Å². The summed E-state index contributed by atoms with van der Waals surface area (Å²) < 4.78 is 0. The van der Waals surface area contributed by atoms with Crippen LogP contribution in [0.2, 0.25) is 0 Å². The van der Waals surface area contributed by atoms with E-state index in [2.05, 4.69) is 13.8 Å². The standard InChI is InChI=1S/C7H14O2S.Na.H/c1-3-6(4-2)5-10-7(8)9;;/h6H,3-5H2,1-2H3,(H,8,9);;. The van der Waals surface area contributed by atoms with Crippen LogP contribution in [0.15, 0.2) is 0 Å². The van der Waals surface area contributed by atoms with Gasteiger partial charge in [0.1, 0.15) is 0 Å². The van der Waals surface area contributed by atoms with Crippen LogP contribution in [-0.2, 0) is 0 Å². The van der Waals surface area contributed by atoms with Crippen LogP contribution >= 0.6 is 11.8 Å². The Labute approximate surface area is 94.4 Å². The summed E-state index contributed by atoms with van der Waals surface area (Å²) in [6, 6.07) is 0. The van der Waals surface area contributed by atoms with Crippen molar-refractivity contribution in [3.05, 3.63) is 0 Å². The summed E-state index contributed by atoms with van der Waals surface area (Å²) in [5.74, 6) is 1.32. The van der Waals surface area contributed by atoms with Gasteiger partial charge in [0.2, 0.25) is 0 Å². The van der Waals surface area contributed by atoms with E-state index in [1.54, 1.807) is 0 Å². The maximum atomic E-state index is 10.1. The summed E-state index contributed by atoms with van der Waals surface area (Å²) in [5, 5.41) is 7.56. The molecule has 1 N–H and O–H groups in total. The Hall–Kier alpha value is 0.820. The van der Waals surface area contributed by atoms with Crippen molar-refractivity contribution >= 4 is 46.6 Å². The molecule has 0 fully saturated rings. The summed E-state index contributed by atoms with van der Waals surface area (Å²) in [6.45, 7) is 4.19. The first kappa shape index (κ1) is 14.3. The molecule has 0 aromatic carbocycles. The van der Waals surface area contributed by atoms with Gasteiger partial charge in [-0.2, -0.15) is 0 Å². The van der Waals surface area contributed by atoms with Crippen molar-refractivity contribution in [3.63, 3.8) is 0 Å². The van der Waals surface area contributed by atoms with Gasteiger partial charge in [-0.05, 0) is 17.7 Å². The van der Waals surface area contributed by atoms with Crippen LogP contribution in [0.5, 0.6) is 0 Å². The molecule has 0 saturated carbocycles. The molecule has 0 amide bonds. The minimum atomic E-state index is -0.757. The Morgan fingerprint density at radius 2 is 1.91 bits per heavy atom. The predicted molar refractivity (Wildman–Crippen MR) is 51.7 cm³/mol. The molecule has 0 bridgehead atoms. The van der Waals surface area contributed by atoms with E-state index in [1.807, 2.05) is 0 Å². The Morgan fingerprint density at radius 1 is 1.45 bits per heavy atom. The average Bonchev–Trinajstić information content (AvgIpc) is 1.90. The molecular formula is C7H15NaO2S. The number of carbonyl (C=O) groups is 1. The van der Waals surface area contributed by atoms with Gasteiger partial charge in [0, 0.05) is 5.75 Å².